The molecule has 4 heteroatoms. The second-order valence-electron chi connectivity index (χ2n) is 7.44. The zero-order valence-electron chi connectivity index (χ0n) is 15.1. The number of rotatable bonds is 2. The number of hydrogen-bond donors (Lipinski definition) is 0. The number of aryl methyl sites for hydroxylation is 2. The molecular weight excluding hydrogens is 300 g/mol. The Bertz CT molecular complexity index is 635. The van der Waals surface area contributed by atoms with Crippen molar-refractivity contribution in [3.8, 4) is 0 Å². The predicted octanol–water partition coefficient (Wildman–Crippen LogP) is 3.17. The number of benzene rings is 1. The van der Waals surface area contributed by atoms with Gasteiger partial charge < -0.3 is 9.80 Å². The number of carbonyl (C=O) groups excluding carboxylic acids is 2. The van der Waals surface area contributed by atoms with E-state index in [9.17, 15) is 9.59 Å². The summed E-state index contributed by atoms with van der Waals surface area (Å²) in [5.74, 6) is 0.419. The molecule has 2 aliphatic heterocycles. The van der Waals surface area contributed by atoms with E-state index in [0.717, 1.165) is 62.0 Å². The fourth-order valence-electron chi connectivity index (χ4n) is 4.34. The van der Waals surface area contributed by atoms with Gasteiger partial charge in [0.1, 0.15) is 0 Å². The van der Waals surface area contributed by atoms with Crippen molar-refractivity contribution in [3.63, 3.8) is 0 Å². The van der Waals surface area contributed by atoms with Gasteiger partial charge in [-0.1, -0.05) is 17.2 Å². The van der Waals surface area contributed by atoms with Crippen LogP contribution in [0.2, 0.25) is 0 Å². The van der Waals surface area contributed by atoms with Crippen LogP contribution in [0, 0.1) is 19.3 Å². The topological polar surface area (TPSA) is 40.6 Å². The monoisotopic (exact) mass is 328 g/mol. The van der Waals surface area contributed by atoms with Crippen LogP contribution in [0.15, 0.2) is 18.2 Å². The lowest BCUT2D eigenvalue weighted by Crippen LogP contribution is -2.36. The molecule has 0 aliphatic carbocycles. The van der Waals surface area contributed by atoms with Crippen molar-refractivity contribution < 1.29 is 9.59 Å². The highest BCUT2D eigenvalue weighted by Crippen LogP contribution is 2.41. The highest BCUT2D eigenvalue weighted by molar-refractivity contribution is 5.94. The first kappa shape index (κ1) is 17.0. The Balaban J connectivity index is 1.74. The lowest BCUT2D eigenvalue weighted by atomic mass is 9.79. The standard InChI is InChI=1S/C20H28N2O2/c1-4-21-10-7-20(19(21)24)6-5-9-22(11-8-20)18(23)17-13-15(2)12-16(3)14-17/h12-14H,4-11H2,1-3H3. The van der Waals surface area contributed by atoms with Crippen molar-refractivity contribution in [1.29, 1.82) is 0 Å². The lowest BCUT2D eigenvalue weighted by Gasteiger charge is -2.26. The molecule has 24 heavy (non-hydrogen) atoms. The second-order valence-corrected chi connectivity index (χ2v) is 7.44. The summed E-state index contributed by atoms with van der Waals surface area (Å²) in [6, 6.07) is 6.02. The molecule has 2 fully saturated rings. The maximum Gasteiger partial charge on any atom is 0.253 e. The summed E-state index contributed by atoms with van der Waals surface area (Å²) in [5.41, 5.74) is 2.80. The van der Waals surface area contributed by atoms with E-state index < -0.39 is 0 Å². The van der Waals surface area contributed by atoms with Crippen molar-refractivity contribution in [3.05, 3.63) is 34.9 Å². The van der Waals surface area contributed by atoms with Crippen LogP contribution >= 0.6 is 0 Å². The minimum absolute atomic E-state index is 0.108. The molecule has 3 rings (SSSR count). The molecule has 4 nitrogen and oxygen atoms in total. The zero-order valence-corrected chi connectivity index (χ0v) is 15.1. The molecule has 130 valence electrons. The fourth-order valence-corrected chi connectivity index (χ4v) is 4.34. The Kier molecular flexibility index (Phi) is 4.66. The Morgan fingerprint density at radius 1 is 1.04 bits per heavy atom. The molecule has 1 spiro atoms. The van der Waals surface area contributed by atoms with E-state index in [1.165, 1.54) is 0 Å². The SMILES string of the molecule is CCN1CCC2(CCCN(C(=O)c3cc(C)cc(C)c3)CC2)C1=O. The number of hydrogen-bond acceptors (Lipinski definition) is 2. The van der Waals surface area contributed by atoms with E-state index in [2.05, 4.69) is 6.07 Å². The molecule has 0 aromatic heterocycles. The maximum atomic E-state index is 12.9. The fraction of sp³-hybridized carbons (Fsp3) is 0.600. The summed E-state index contributed by atoms with van der Waals surface area (Å²) < 4.78 is 0. The summed E-state index contributed by atoms with van der Waals surface area (Å²) in [6.45, 7) is 9.22. The average molecular weight is 328 g/mol. The third-order valence-electron chi connectivity index (χ3n) is 5.68. The van der Waals surface area contributed by atoms with Crippen molar-refractivity contribution >= 4 is 11.8 Å². The van der Waals surface area contributed by atoms with Gasteiger partial charge in [0.15, 0.2) is 0 Å². The molecule has 2 saturated heterocycles. The average Bonchev–Trinajstić information content (AvgIpc) is 2.72. The van der Waals surface area contributed by atoms with Gasteiger partial charge in [-0.25, -0.2) is 0 Å². The minimum atomic E-state index is -0.215. The second kappa shape index (κ2) is 6.58. The largest absolute Gasteiger partial charge is 0.342 e. The summed E-state index contributed by atoms with van der Waals surface area (Å²) in [6.07, 6.45) is 3.59. The molecule has 0 N–H and O–H groups in total. The van der Waals surface area contributed by atoms with Gasteiger partial charge >= 0.3 is 0 Å². The first-order valence-electron chi connectivity index (χ1n) is 9.12. The molecule has 1 unspecified atom stereocenters. The van der Waals surface area contributed by atoms with Crippen LogP contribution in [-0.2, 0) is 4.79 Å². The maximum absolute atomic E-state index is 12.9. The highest BCUT2D eigenvalue weighted by atomic mass is 16.2. The van der Waals surface area contributed by atoms with Crippen molar-refractivity contribution in [1.82, 2.24) is 9.80 Å². The smallest absolute Gasteiger partial charge is 0.253 e. The summed E-state index contributed by atoms with van der Waals surface area (Å²) >= 11 is 0. The van der Waals surface area contributed by atoms with Gasteiger partial charge in [0.05, 0.1) is 5.41 Å². The molecule has 2 heterocycles. The first-order valence-corrected chi connectivity index (χ1v) is 9.12. The van der Waals surface area contributed by atoms with Gasteiger partial charge in [0, 0.05) is 31.7 Å². The molecule has 2 aliphatic rings. The number of nitrogens with zero attached hydrogens (tertiary/aromatic N) is 2. The van der Waals surface area contributed by atoms with E-state index in [-0.39, 0.29) is 11.3 Å². The van der Waals surface area contributed by atoms with Crippen molar-refractivity contribution in [2.75, 3.05) is 26.2 Å². The van der Waals surface area contributed by atoms with Gasteiger partial charge in [-0.15, -0.1) is 0 Å². The van der Waals surface area contributed by atoms with Gasteiger partial charge in [-0.3, -0.25) is 9.59 Å². The van der Waals surface area contributed by atoms with Gasteiger partial charge in [0.25, 0.3) is 5.91 Å². The minimum Gasteiger partial charge on any atom is -0.342 e. The van der Waals surface area contributed by atoms with Crippen molar-refractivity contribution in [2.24, 2.45) is 5.41 Å². The van der Waals surface area contributed by atoms with Crippen LogP contribution in [0.5, 0.6) is 0 Å². The van der Waals surface area contributed by atoms with E-state index >= 15 is 0 Å². The van der Waals surface area contributed by atoms with Crippen LogP contribution in [0.25, 0.3) is 0 Å². The third kappa shape index (κ3) is 3.06. The Labute approximate surface area is 144 Å². The molecule has 0 radical (unpaired) electrons. The summed E-state index contributed by atoms with van der Waals surface area (Å²) in [5, 5.41) is 0. The van der Waals surface area contributed by atoms with Gasteiger partial charge in [-0.2, -0.15) is 0 Å². The number of likely N-dealkylation sites (tertiary alicyclic amines) is 2. The molecular formula is C20H28N2O2. The Morgan fingerprint density at radius 3 is 2.33 bits per heavy atom. The molecule has 0 bridgehead atoms. The van der Waals surface area contributed by atoms with Crippen LogP contribution in [0.1, 0.15) is 54.1 Å². The van der Waals surface area contributed by atoms with E-state index in [1.807, 2.05) is 42.7 Å². The lowest BCUT2D eigenvalue weighted by molar-refractivity contribution is -0.136. The molecule has 1 atom stereocenters. The predicted molar refractivity (Wildman–Crippen MR) is 95.0 cm³/mol. The van der Waals surface area contributed by atoms with Crippen LogP contribution in [-0.4, -0.2) is 47.8 Å². The van der Waals surface area contributed by atoms with Gasteiger partial charge in [0.2, 0.25) is 5.91 Å². The molecule has 1 aromatic carbocycles. The van der Waals surface area contributed by atoms with E-state index in [0.29, 0.717) is 12.5 Å². The molecule has 0 saturated carbocycles. The Morgan fingerprint density at radius 2 is 1.71 bits per heavy atom. The van der Waals surface area contributed by atoms with E-state index in [4.69, 9.17) is 0 Å². The van der Waals surface area contributed by atoms with Crippen LogP contribution in [0.4, 0.5) is 0 Å². The molecule has 2 amide bonds. The molecule has 1 aromatic rings. The van der Waals surface area contributed by atoms with Crippen LogP contribution in [0.3, 0.4) is 0 Å². The first-order chi connectivity index (χ1) is 11.4. The normalized spacial score (nSPS) is 24.5. The highest BCUT2D eigenvalue weighted by Gasteiger charge is 2.46. The zero-order chi connectivity index (χ0) is 17.3. The van der Waals surface area contributed by atoms with E-state index in [1.54, 1.807) is 0 Å². The Hall–Kier alpha value is -1.84. The van der Waals surface area contributed by atoms with Crippen molar-refractivity contribution in [2.45, 2.75) is 46.5 Å². The quantitative estimate of drug-likeness (QED) is 0.837. The number of carbonyl (C=O) groups is 2. The third-order valence-corrected chi connectivity index (χ3v) is 5.68. The van der Waals surface area contributed by atoms with Crippen LogP contribution < -0.4 is 0 Å². The summed E-state index contributed by atoms with van der Waals surface area (Å²) in [4.78, 5) is 29.5. The van der Waals surface area contributed by atoms with Gasteiger partial charge in [-0.05, 0) is 58.6 Å². The summed E-state index contributed by atoms with van der Waals surface area (Å²) in [7, 11) is 0. The number of amides is 2.